The molecule has 1 atom stereocenters. The average Bonchev–Trinajstić information content (AvgIpc) is 3.26. The minimum absolute atomic E-state index is 0.234. The minimum Gasteiger partial charge on any atom is -0.467 e. The summed E-state index contributed by atoms with van der Waals surface area (Å²) < 4.78 is 5.29. The maximum Gasteiger partial charge on any atom is 0.270 e. The SMILES string of the molecule is CC1CCCN(c2cc(C(=O)NCc3ccco3)nc(-c3ccccc3)n2)C1. The van der Waals surface area contributed by atoms with E-state index < -0.39 is 0 Å². The Morgan fingerprint density at radius 2 is 2.07 bits per heavy atom. The topological polar surface area (TPSA) is 71.3 Å². The third-order valence-corrected chi connectivity index (χ3v) is 4.96. The molecule has 0 saturated carbocycles. The molecule has 1 fully saturated rings. The lowest BCUT2D eigenvalue weighted by Gasteiger charge is -2.32. The molecule has 1 amide bonds. The van der Waals surface area contributed by atoms with E-state index >= 15 is 0 Å². The molecule has 6 nitrogen and oxygen atoms in total. The number of benzene rings is 1. The number of piperidine rings is 1. The normalized spacial score (nSPS) is 16.8. The van der Waals surface area contributed by atoms with Crippen molar-refractivity contribution >= 4 is 11.7 Å². The Hall–Kier alpha value is -3.15. The molecule has 3 aromatic rings. The number of nitrogens with zero attached hydrogens (tertiary/aromatic N) is 3. The van der Waals surface area contributed by atoms with E-state index in [0.717, 1.165) is 30.9 Å². The smallest absolute Gasteiger partial charge is 0.270 e. The van der Waals surface area contributed by atoms with Crippen molar-refractivity contribution in [2.24, 2.45) is 5.92 Å². The van der Waals surface area contributed by atoms with E-state index in [-0.39, 0.29) is 5.91 Å². The molecule has 4 rings (SSSR count). The Morgan fingerprint density at radius 1 is 1.21 bits per heavy atom. The first-order chi connectivity index (χ1) is 13.7. The molecule has 0 bridgehead atoms. The van der Waals surface area contributed by atoms with E-state index in [1.165, 1.54) is 6.42 Å². The van der Waals surface area contributed by atoms with Crippen molar-refractivity contribution in [3.63, 3.8) is 0 Å². The zero-order valence-electron chi connectivity index (χ0n) is 16.0. The van der Waals surface area contributed by atoms with Crippen LogP contribution in [0.15, 0.2) is 59.2 Å². The summed E-state index contributed by atoms with van der Waals surface area (Å²) in [7, 11) is 0. The lowest BCUT2D eigenvalue weighted by atomic mass is 10.0. The van der Waals surface area contributed by atoms with E-state index in [2.05, 4.69) is 22.1 Å². The fraction of sp³-hybridized carbons (Fsp3) is 0.318. The van der Waals surface area contributed by atoms with Crippen LogP contribution in [-0.2, 0) is 6.54 Å². The van der Waals surface area contributed by atoms with Crippen LogP contribution in [0.4, 0.5) is 5.82 Å². The third kappa shape index (κ3) is 4.22. The molecule has 0 spiro atoms. The van der Waals surface area contributed by atoms with Crippen LogP contribution in [0.1, 0.15) is 36.0 Å². The van der Waals surface area contributed by atoms with Crippen LogP contribution in [0.25, 0.3) is 11.4 Å². The molecule has 3 heterocycles. The fourth-order valence-electron chi connectivity index (χ4n) is 3.50. The van der Waals surface area contributed by atoms with Gasteiger partial charge in [-0.3, -0.25) is 4.79 Å². The molecule has 28 heavy (non-hydrogen) atoms. The summed E-state index contributed by atoms with van der Waals surface area (Å²) in [6.07, 6.45) is 3.95. The van der Waals surface area contributed by atoms with Gasteiger partial charge in [0.25, 0.3) is 5.91 Å². The van der Waals surface area contributed by atoms with Crippen LogP contribution in [0.5, 0.6) is 0 Å². The molecular weight excluding hydrogens is 352 g/mol. The van der Waals surface area contributed by atoms with Crippen LogP contribution in [0.2, 0.25) is 0 Å². The molecule has 144 valence electrons. The summed E-state index contributed by atoms with van der Waals surface area (Å²) in [5.41, 5.74) is 1.27. The molecule has 6 heteroatoms. The van der Waals surface area contributed by atoms with Crippen molar-refractivity contribution in [1.29, 1.82) is 0 Å². The van der Waals surface area contributed by atoms with Gasteiger partial charge in [-0.15, -0.1) is 0 Å². The third-order valence-electron chi connectivity index (χ3n) is 4.96. The van der Waals surface area contributed by atoms with Gasteiger partial charge in [0.15, 0.2) is 5.82 Å². The van der Waals surface area contributed by atoms with Gasteiger partial charge in [-0.25, -0.2) is 9.97 Å². The van der Waals surface area contributed by atoms with E-state index in [1.54, 1.807) is 18.4 Å². The first-order valence-electron chi connectivity index (χ1n) is 9.69. The van der Waals surface area contributed by atoms with Gasteiger partial charge in [0, 0.05) is 24.7 Å². The van der Waals surface area contributed by atoms with E-state index in [1.807, 2.05) is 36.4 Å². The lowest BCUT2D eigenvalue weighted by Crippen LogP contribution is -2.35. The minimum atomic E-state index is -0.234. The van der Waals surface area contributed by atoms with E-state index in [9.17, 15) is 4.79 Å². The second-order valence-corrected chi connectivity index (χ2v) is 7.26. The predicted octanol–water partition coefficient (Wildman–Crippen LogP) is 3.90. The maximum atomic E-state index is 12.8. The zero-order chi connectivity index (χ0) is 19.3. The summed E-state index contributed by atoms with van der Waals surface area (Å²) in [4.78, 5) is 24.3. The second-order valence-electron chi connectivity index (χ2n) is 7.26. The average molecular weight is 376 g/mol. The molecule has 2 aromatic heterocycles. The van der Waals surface area contributed by atoms with Crippen molar-refractivity contribution in [3.05, 3.63) is 66.2 Å². The number of aromatic nitrogens is 2. The Labute approximate surface area is 164 Å². The number of furan rings is 1. The van der Waals surface area contributed by atoms with Crippen molar-refractivity contribution in [2.45, 2.75) is 26.3 Å². The molecule has 1 unspecified atom stereocenters. The van der Waals surface area contributed by atoms with Gasteiger partial charge in [0.05, 0.1) is 12.8 Å². The maximum absolute atomic E-state index is 12.8. The summed E-state index contributed by atoms with van der Waals surface area (Å²) >= 11 is 0. The highest BCUT2D eigenvalue weighted by atomic mass is 16.3. The number of anilines is 1. The Bertz CT molecular complexity index is 925. The first-order valence-corrected chi connectivity index (χ1v) is 9.69. The molecular formula is C22H24N4O2. The van der Waals surface area contributed by atoms with Gasteiger partial charge in [-0.2, -0.15) is 0 Å². The molecule has 0 radical (unpaired) electrons. The van der Waals surface area contributed by atoms with Gasteiger partial charge >= 0.3 is 0 Å². The van der Waals surface area contributed by atoms with Gasteiger partial charge in [0.2, 0.25) is 0 Å². The number of amides is 1. The number of rotatable bonds is 5. The highest BCUT2D eigenvalue weighted by Gasteiger charge is 2.21. The highest BCUT2D eigenvalue weighted by molar-refractivity contribution is 5.93. The predicted molar refractivity (Wildman–Crippen MR) is 108 cm³/mol. The Balaban J connectivity index is 1.64. The van der Waals surface area contributed by atoms with Gasteiger partial charge < -0.3 is 14.6 Å². The Kier molecular flexibility index (Phi) is 5.37. The van der Waals surface area contributed by atoms with Crippen LogP contribution in [0.3, 0.4) is 0 Å². The second kappa shape index (κ2) is 8.25. The molecule has 1 N–H and O–H groups in total. The van der Waals surface area contributed by atoms with Gasteiger partial charge in [-0.1, -0.05) is 37.3 Å². The fourth-order valence-corrected chi connectivity index (χ4v) is 3.50. The van der Waals surface area contributed by atoms with E-state index in [0.29, 0.717) is 29.7 Å². The summed E-state index contributed by atoms with van der Waals surface area (Å²) in [6, 6.07) is 15.2. The number of carbonyl (C=O) groups is 1. The monoisotopic (exact) mass is 376 g/mol. The summed E-state index contributed by atoms with van der Waals surface area (Å²) in [5, 5.41) is 2.88. The Morgan fingerprint density at radius 3 is 2.82 bits per heavy atom. The standard InChI is InChI=1S/C22H24N4O2/c1-16-7-5-11-26(15-16)20-13-19(22(27)23-14-18-10-6-12-28-18)24-21(25-20)17-8-3-2-4-9-17/h2-4,6,8-10,12-13,16H,5,7,11,14-15H2,1H3,(H,23,27). The van der Waals surface area contributed by atoms with Crippen molar-refractivity contribution in [1.82, 2.24) is 15.3 Å². The van der Waals surface area contributed by atoms with Gasteiger partial charge in [-0.05, 0) is 30.9 Å². The van der Waals surface area contributed by atoms with Crippen LogP contribution >= 0.6 is 0 Å². The first kappa shape index (κ1) is 18.2. The highest BCUT2D eigenvalue weighted by Crippen LogP contribution is 2.25. The van der Waals surface area contributed by atoms with Crippen LogP contribution in [0, 0.1) is 5.92 Å². The molecule has 1 saturated heterocycles. The summed E-state index contributed by atoms with van der Waals surface area (Å²) in [6.45, 7) is 4.47. The number of hydrogen-bond acceptors (Lipinski definition) is 5. The number of hydrogen-bond donors (Lipinski definition) is 1. The van der Waals surface area contributed by atoms with Gasteiger partial charge in [0.1, 0.15) is 17.3 Å². The summed E-state index contributed by atoms with van der Waals surface area (Å²) in [5.74, 6) is 2.46. The van der Waals surface area contributed by atoms with Crippen LogP contribution in [-0.4, -0.2) is 29.0 Å². The molecule has 1 aliphatic heterocycles. The molecule has 1 aliphatic rings. The number of nitrogens with one attached hydrogen (secondary N) is 1. The van der Waals surface area contributed by atoms with Crippen molar-refractivity contribution in [2.75, 3.05) is 18.0 Å². The zero-order valence-corrected chi connectivity index (χ0v) is 16.0. The van der Waals surface area contributed by atoms with Crippen LogP contribution < -0.4 is 10.2 Å². The van der Waals surface area contributed by atoms with E-state index in [4.69, 9.17) is 9.40 Å². The molecule has 0 aliphatic carbocycles. The quantitative estimate of drug-likeness (QED) is 0.731. The largest absolute Gasteiger partial charge is 0.467 e. The molecule has 1 aromatic carbocycles. The van der Waals surface area contributed by atoms with Crippen molar-refractivity contribution in [3.8, 4) is 11.4 Å². The van der Waals surface area contributed by atoms with Crippen molar-refractivity contribution < 1.29 is 9.21 Å². The number of carbonyl (C=O) groups excluding carboxylic acids is 1. The lowest BCUT2D eigenvalue weighted by molar-refractivity contribution is 0.0943.